The van der Waals surface area contributed by atoms with Gasteiger partial charge < -0.3 is 0 Å². The minimum absolute atomic E-state index is 0.0426. The third-order valence-electron chi connectivity index (χ3n) is 2.67. The summed E-state index contributed by atoms with van der Waals surface area (Å²) in [5, 5.41) is -0.167. The molecule has 0 radical (unpaired) electrons. The Kier molecular flexibility index (Phi) is 4.42. The van der Waals surface area contributed by atoms with Crippen molar-refractivity contribution in [3.05, 3.63) is 29.6 Å². The number of halogens is 4. The molecule has 0 saturated carbocycles. The second kappa shape index (κ2) is 5.25. The predicted molar refractivity (Wildman–Crippen MR) is 62.1 cm³/mol. The molecule has 5 heteroatoms. The molecule has 17 heavy (non-hydrogen) atoms. The van der Waals surface area contributed by atoms with Gasteiger partial charge in [0, 0.05) is 23.2 Å². The van der Waals surface area contributed by atoms with Crippen molar-refractivity contribution in [1.82, 2.24) is 4.98 Å². The SMILES string of the molecule is CC(C)C(c1ccc(C(F)(F)F)cn1)C(C)Cl. The zero-order valence-electron chi connectivity index (χ0n) is 9.92. The fraction of sp³-hybridized carbons (Fsp3) is 0.583. The normalized spacial score (nSPS) is 16.0. The summed E-state index contributed by atoms with van der Waals surface area (Å²) < 4.78 is 37.1. The first kappa shape index (κ1) is 14.3. The lowest BCUT2D eigenvalue weighted by molar-refractivity contribution is -0.137. The van der Waals surface area contributed by atoms with E-state index in [1.54, 1.807) is 0 Å². The highest BCUT2D eigenvalue weighted by Gasteiger charge is 2.31. The van der Waals surface area contributed by atoms with E-state index in [-0.39, 0.29) is 17.2 Å². The second-order valence-electron chi connectivity index (χ2n) is 4.42. The zero-order valence-corrected chi connectivity index (χ0v) is 10.7. The topological polar surface area (TPSA) is 12.9 Å². The summed E-state index contributed by atoms with van der Waals surface area (Å²) in [6, 6.07) is 2.46. The van der Waals surface area contributed by atoms with Crippen LogP contribution in [0.2, 0.25) is 0 Å². The van der Waals surface area contributed by atoms with Gasteiger partial charge in [0.2, 0.25) is 0 Å². The average Bonchev–Trinajstić information content (AvgIpc) is 2.15. The summed E-state index contributed by atoms with van der Waals surface area (Å²) in [7, 11) is 0. The molecular weight excluding hydrogens is 251 g/mol. The summed E-state index contributed by atoms with van der Waals surface area (Å²) in [5.41, 5.74) is -0.124. The molecule has 1 aromatic heterocycles. The number of alkyl halides is 4. The van der Waals surface area contributed by atoms with Crippen molar-refractivity contribution in [1.29, 1.82) is 0 Å². The maximum atomic E-state index is 12.4. The molecular formula is C12H15ClF3N. The summed E-state index contributed by atoms with van der Waals surface area (Å²) in [4.78, 5) is 3.88. The molecule has 2 atom stereocenters. The smallest absolute Gasteiger partial charge is 0.260 e. The van der Waals surface area contributed by atoms with Crippen LogP contribution in [0.4, 0.5) is 13.2 Å². The monoisotopic (exact) mass is 265 g/mol. The Morgan fingerprint density at radius 3 is 2.06 bits per heavy atom. The van der Waals surface area contributed by atoms with E-state index in [4.69, 9.17) is 11.6 Å². The van der Waals surface area contributed by atoms with E-state index in [0.717, 1.165) is 12.3 Å². The van der Waals surface area contributed by atoms with Gasteiger partial charge in [-0.25, -0.2) is 0 Å². The van der Waals surface area contributed by atoms with Gasteiger partial charge in [-0.2, -0.15) is 13.2 Å². The number of pyridine rings is 1. The molecule has 0 fully saturated rings. The van der Waals surface area contributed by atoms with Crippen LogP contribution in [-0.2, 0) is 6.18 Å². The molecule has 0 aliphatic rings. The lowest BCUT2D eigenvalue weighted by atomic mass is 9.89. The van der Waals surface area contributed by atoms with E-state index in [2.05, 4.69) is 4.98 Å². The van der Waals surface area contributed by atoms with E-state index in [1.807, 2.05) is 20.8 Å². The van der Waals surface area contributed by atoms with Gasteiger partial charge in [0.1, 0.15) is 0 Å². The van der Waals surface area contributed by atoms with Gasteiger partial charge in [0.25, 0.3) is 0 Å². The van der Waals surface area contributed by atoms with Crippen LogP contribution in [0.1, 0.15) is 37.9 Å². The number of nitrogens with zero attached hydrogens (tertiary/aromatic N) is 1. The molecule has 1 heterocycles. The Balaban J connectivity index is 3.01. The Bertz CT molecular complexity index is 349. The molecule has 0 bridgehead atoms. The maximum absolute atomic E-state index is 12.4. The van der Waals surface area contributed by atoms with Crippen molar-refractivity contribution in [2.75, 3.05) is 0 Å². The molecule has 2 unspecified atom stereocenters. The minimum atomic E-state index is -4.34. The van der Waals surface area contributed by atoms with Crippen LogP contribution in [0.3, 0.4) is 0 Å². The Hall–Kier alpha value is -0.770. The van der Waals surface area contributed by atoms with Crippen LogP contribution in [0, 0.1) is 5.92 Å². The average molecular weight is 266 g/mol. The van der Waals surface area contributed by atoms with Crippen LogP contribution in [0.15, 0.2) is 18.3 Å². The predicted octanol–water partition coefficient (Wildman–Crippen LogP) is 4.47. The molecule has 1 aromatic rings. The van der Waals surface area contributed by atoms with E-state index in [9.17, 15) is 13.2 Å². The first-order valence-corrected chi connectivity index (χ1v) is 5.84. The molecule has 0 saturated heterocycles. The summed E-state index contributed by atoms with van der Waals surface area (Å²) in [5.74, 6) is 0.186. The largest absolute Gasteiger partial charge is 0.417 e. The summed E-state index contributed by atoms with van der Waals surface area (Å²) >= 11 is 6.04. The van der Waals surface area contributed by atoms with Crippen molar-refractivity contribution >= 4 is 11.6 Å². The number of hydrogen-bond donors (Lipinski definition) is 0. The molecule has 0 aliphatic carbocycles. The second-order valence-corrected chi connectivity index (χ2v) is 5.11. The van der Waals surface area contributed by atoms with Gasteiger partial charge in [-0.15, -0.1) is 11.6 Å². The third kappa shape index (κ3) is 3.60. The fourth-order valence-corrected chi connectivity index (χ4v) is 2.30. The highest BCUT2D eigenvalue weighted by molar-refractivity contribution is 6.20. The molecule has 0 spiro atoms. The van der Waals surface area contributed by atoms with E-state index >= 15 is 0 Å². The van der Waals surface area contributed by atoms with E-state index in [0.29, 0.717) is 5.69 Å². The highest BCUT2D eigenvalue weighted by Crippen LogP contribution is 2.32. The van der Waals surface area contributed by atoms with Crippen molar-refractivity contribution in [3.63, 3.8) is 0 Å². The van der Waals surface area contributed by atoms with Gasteiger partial charge in [0.15, 0.2) is 0 Å². The molecule has 0 aromatic carbocycles. The van der Waals surface area contributed by atoms with Crippen molar-refractivity contribution in [2.45, 2.75) is 38.2 Å². The first-order valence-electron chi connectivity index (χ1n) is 5.40. The minimum Gasteiger partial charge on any atom is -0.260 e. The molecule has 1 nitrogen and oxygen atoms in total. The van der Waals surface area contributed by atoms with Crippen molar-refractivity contribution in [2.24, 2.45) is 5.92 Å². The standard InChI is InChI=1S/C12H15ClF3N/c1-7(2)11(8(3)13)10-5-4-9(6-17-10)12(14,15)16/h4-8,11H,1-3H3. The van der Waals surface area contributed by atoms with Crippen LogP contribution in [0.25, 0.3) is 0 Å². The van der Waals surface area contributed by atoms with Crippen molar-refractivity contribution < 1.29 is 13.2 Å². The lowest BCUT2D eigenvalue weighted by Gasteiger charge is -2.23. The molecule has 96 valence electrons. The Morgan fingerprint density at radius 2 is 1.76 bits per heavy atom. The Labute approximate surface area is 104 Å². The highest BCUT2D eigenvalue weighted by atomic mass is 35.5. The lowest BCUT2D eigenvalue weighted by Crippen LogP contribution is -2.17. The zero-order chi connectivity index (χ0) is 13.2. The van der Waals surface area contributed by atoms with Crippen LogP contribution in [-0.4, -0.2) is 10.4 Å². The fourth-order valence-electron chi connectivity index (χ4n) is 1.88. The van der Waals surface area contributed by atoms with Gasteiger partial charge >= 0.3 is 6.18 Å². The molecule has 0 amide bonds. The summed E-state index contributed by atoms with van der Waals surface area (Å²) in [6.07, 6.45) is -3.48. The maximum Gasteiger partial charge on any atom is 0.417 e. The Morgan fingerprint density at radius 1 is 1.18 bits per heavy atom. The van der Waals surface area contributed by atoms with Gasteiger partial charge in [-0.05, 0) is 25.0 Å². The number of aromatic nitrogens is 1. The molecule has 0 aliphatic heterocycles. The quantitative estimate of drug-likeness (QED) is 0.735. The van der Waals surface area contributed by atoms with Crippen molar-refractivity contribution in [3.8, 4) is 0 Å². The van der Waals surface area contributed by atoms with Gasteiger partial charge in [0.05, 0.1) is 5.56 Å². The van der Waals surface area contributed by atoms with Crippen LogP contribution < -0.4 is 0 Å². The van der Waals surface area contributed by atoms with Gasteiger partial charge in [-0.3, -0.25) is 4.98 Å². The van der Waals surface area contributed by atoms with E-state index in [1.165, 1.54) is 6.07 Å². The van der Waals surface area contributed by atoms with Crippen LogP contribution in [0.5, 0.6) is 0 Å². The third-order valence-corrected chi connectivity index (χ3v) is 2.94. The number of hydrogen-bond acceptors (Lipinski definition) is 1. The van der Waals surface area contributed by atoms with Crippen LogP contribution >= 0.6 is 11.6 Å². The molecule has 0 N–H and O–H groups in total. The number of rotatable bonds is 3. The van der Waals surface area contributed by atoms with E-state index < -0.39 is 11.7 Å². The summed E-state index contributed by atoms with van der Waals surface area (Å²) in [6.45, 7) is 5.78. The van der Waals surface area contributed by atoms with Gasteiger partial charge in [-0.1, -0.05) is 13.8 Å². The first-order chi connectivity index (χ1) is 7.73. The molecule has 1 rings (SSSR count).